The monoisotopic (exact) mass is 227 g/mol. The lowest BCUT2D eigenvalue weighted by Gasteiger charge is -2.03. The average molecular weight is 227 g/mol. The van der Waals surface area contributed by atoms with E-state index < -0.39 is 0 Å². The predicted octanol–water partition coefficient (Wildman–Crippen LogP) is 2.29. The fourth-order valence-corrected chi connectivity index (χ4v) is 1.39. The van der Waals surface area contributed by atoms with E-state index in [0.717, 1.165) is 12.0 Å². The second-order valence-corrected chi connectivity index (χ2v) is 3.57. The Hall–Kier alpha value is -2.23. The second kappa shape index (κ2) is 5.21. The van der Waals surface area contributed by atoms with E-state index in [1.165, 1.54) is 0 Å². The summed E-state index contributed by atoms with van der Waals surface area (Å²) in [5, 5.41) is 2.68. The van der Waals surface area contributed by atoms with Crippen LogP contribution in [0.2, 0.25) is 0 Å². The van der Waals surface area contributed by atoms with E-state index in [2.05, 4.69) is 15.3 Å². The summed E-state index contributed by atoms with van der Waals surface area (Å²) >= 11 is 0. The third-order valence-electron chi connectivity index (χ3n) is 2.37. The number of hydrogen-bond donors (Lipinski definition) is 1. The van der Waals surface area contributed by atoms with Crippen molar-refractivity contribution in [3.8, 4) is 0 Å². The Morgan fingerprint density at radius 3 is 2.71 bits per heavy atom. The summed E-state index contributed by atoms with van der Waals surface area (Å²) in [5.74, 6) is 0.283. The highest BCUT2D eigenvalue weighted by Crippen LogP contribution is 2.05. The molecule has 0 aromatic carbocycles. The average Bonchev–Trinajstić information content (AvgIpc) is 2.40. The van der Waals surface area contributed by atoms with Crippen LogP contribution in [0.4, 0.5) is 5.82 Å². The van der Waals surface area contributed by atoms with Crippen molar-refractivity contribution < 1.29 is 4.79 Å². The van der Waals surface area contributed by atoms with Crippen molar-refractivity contribution in [2.45, 2.75) is 13.3 Å². The summed E-state index contributed by atoms with van der Waals surface area (Å²) in [6.45, 7) is 2.05. The Morgan fingerprint density at radius 2 is 2.12 bits per heavy atom. The fourth-order valence-electron chi connectivity index (χ4n) is 1.39. The van der Waals surface area contributed by atoms with Crippen LogP contribution in [0, 0.1) is 0 Å². The normalized spacial score (nSPS) is 9.94. The molecule has 0 spiro atoms. The number of carbonyl (C=O) groups is 1. The number of aryl methyl sites for hydroxylation is 1. The molecule has 1 N–H and O–H groups in total. The van der Waals surface area contributed by atoms with Gasteiger partial charge in [-0.05, 0) is 30.2 Å². The Morgan fingerprint density at radius 1 is 1.24 bits per heavy atom. The Kier molecular flexibility index (Phi) is 3.45. The fraction of sp³-hybridized carbons (Fsp3) is 0.154. The van der Waals surface area contributed by atoms with Gasteiger partial charge in [0.1, 0.15) is 11.5 Å². The maximum absolute atomic E-state index is 11.8. The van der Waals surface area contributed by atoms with Crippen molar-refractivity contribution in [3.63, 3.8) is 0 Å². The van der Waals surface area contributed by atoms with Gasteiger partial charge in [0.15, 0.2) is 0 Å². The first-order chi connectivity index (χ1) is 8.29. The van der Waals surface area contributed by atoms with Crippen LogP contribution in [0.25, 0.3) is 0 Å². The minimum absolute atomic E-state index is 0.244. The zero-order valence-electron chi connectivity index (χ0n) is 9.55. The minimum atomic E-state index is -0.244. The zero-order chi connectivity index (χ0) is 12.1. The summed E-state index contributed by atoms with van der Waals surface area (Å²) in [7, 11) is 0. The van der Waals surface area contributed by atoms with Crippen molar-refractivity contribution in [3.05, 3.63) is 54.0 Å². The molecule has 0 saturated heterocycles. The molecule has 2 aromatic heterocycles. The number of anilines is 1. The highest BCUT2D eigenvalue weighted by molar-refractivity contribution is 6.02. The summed E-state index contributed by atoms with van der Waals surface area (Å²) in [6.07, 6.45) is 4.26. The summed E-state index contributed by atoms with van der Waals surface area (Å²) in [5.41, 5.74) is 1.51. The maximum atomic E-state index is 11.8. The van der Waals surface area contributed by atoms with Crippen LogP contribution in [0.1, 0.15) is 23.0 Å². The van der Waals surface area contributed by atoms with E-state index in [1.807, 2.05) is 19.1 Å². The zero-order valence-corrected chi connectivity index (χ0v) is 9.55. The molecule has 0 unspecified atom stereocenters. The summed E-state index contributed by atoms with van der Waals surface area (Å²) < 4.78 is 0. The van der Waals surface area contributed by atoms with Crippen molar-refractivity contribution in [2.75, 3.05) is 5.32 Å². The number of pyridine rings is 2. The first-order valence-electron chi connectivity index (χ1n) is 5.47. The Labute approximate surface area is 99.7 Å². The predicted molar refractivity (Wildman–Crippen MR) is 65.8 cm³/mol. The van der Waals surface area contributed by atoms with Crippen molar-refractivity contribution in [1.82, 2.24) is 9.97 Å². The molecule has 17 heavy (non-hydrogen) atoms. The van der Waals surface area contributed by atoms with Gasteiger partial charge in [0.2, 0.25) is 0 Å². The van der Waals surface area contributed by atoms with Gasteiger partial charge in [-0.3, -0.25) is 9.78 Å². The second-order valence-electron chi connectivity index (χ2n) is 3.57. The van der Waals surface area contributed by atoms with Gasteiger partial charge in [-0.2, -0.15) is 0 Å². The first kappa shape index (κ1) is 11.3. The molecular weight excluding hydrogens is 214 g/mol. The molecule has 0 saturated carbocycles. The molecule has 0 fully saturated rings. The smallest absolute Gasteiger partial charge is 0.275 e. The lowest BCUT2D eigenvalue weighted by Crippen LogP contribution is -2.14. The van der Waals surface area contributed by atoms with Gasteiger partial charge < -0.3 is 5.32 Å². The number of hydrogen-bond acceptors (Lipinski definition) is 3. The molecular formula is C13H13N3O. The van der Waals surface area contributed by atoms with E-state index in [9.17, 15) is 4.79 Å². The van der Waals surface area contributed by atoms with E-state index in [4.69, 9.17) is 0 Å². The van der Waals surface area contributed by atoms with E-state index in [0.29, 0.717) is 11.5 Å². The van der Waals surface area contributed by atoms with Gasteiger partial charge in [-0.15, -0.1) is 0 Å². The van der Waals surface area contributed by atoms with Crippen molar-refractivity contribution >= 4 is 11.7 Å². The third-order valence-corrected chi connectivity index (χ3v) is 2.37. The lowest BCUT2D eigenvalue weighted by atomic mass is 10.2. The van der Waals surface area contributed by atoms with Gasteiger partial charge >= 0.3 is 0 Å². The van der Waals surface area contributed by atoms with E-state index >= 15 is 0 Å². The third kappa shape index (κ3) is 2.87. The van der Waals surface area contributed by atoms with Crippen LogP contribution < -0.4 is 5.32 Å². The Balaban J connectivity index is 2.09. The number of nitrogens with one attached hydrogen (secondary N) is 1. The van der Waals surface area contributed by atoms with Crippen LogP contribution in [-0.4, -0.2) is 15.9 Å². The largest absolute Gasteiger partial charge is 0.305 e. The first-order valence-corrected chi connectivity index (χ1v) is 5.47. The Bertz CT molecular complexity index is 494. The van der Waals surface area contributed by atoms with Gasteiger partial charge in [-0.25, -0.2) is 4.98 Å². The molecule has 4 nitrogen and oxygen atoms in total. The molecule has 0 aliphatic rings. The molecule has 0 aliphatic carbocycles. The van der Waals surface area contributed by atoms with Gasteiger partial charge in [0.05, 0.1) is 0 Å². The van der Waals surface area contributed by atoms with E-state index in [-0.39, 0.29) is 5.91 Å². The molecule has 1 amide bonds. The molecule has 2 heterocycles. The number of carbonyl (C=O) groups excluding carboxylic acids is 1. The molecule has 0 atom stereocenters. The van der Waals surface area contributed by atoms with E-state index in [1.54, 1.807) is 30.6 Å². The number of rotatable bonds is 3. The SMILES string of the molecule is CCc1ccc(C(=O)Nc2ccccn2)nc1. The summed E-state index contributed by atoms with van der Waals surface area (Å²) in [4.78, 5) is 19.9. The highest BCUT2D eigenvalue weighted by Gasteiger charge is 2.07. The molecule has 2 aromatic rings. The van der Waals surface area contributed by atoms with Crippen molar-refractivity contribution in [2.24, 2.45) is 0 Å². The van der Waals surface area contributed by atoms with Crippen molar-refractivity contribution in [1.29, 1.82) is 0 Å². The van der Waals surface area contributed by atoms with Gasteiger partial charge in [0, 0.05) is 12.4 Å². The number of amides is 1. The van der Waals surface area contributed by atoms with Crippen LogP contribution in [0.3, 0.4) is 0 Å². The summed E-state index contributed by atoms with van der Waals surface area (Å²) in [6, 6.07) is 8.97. The van der Waals surface area contributed by atoms with Gasteiger partial charge in [0.25, 0.3) is 5.91 Å². The molecule has 2 rings (SSSR count). The van der Waals surface area contributed by atoms with Crippen LogP contribution in [0.15, 0.2) is 42.7 Å². The van der Waals surface area contributed by atoms with Crippen LogP contribution >= 0.6 is 0 Å². The molecule has 0 aliphatic heterocycles. The van der Waals surface area contributed by atoms with Crippen LogP contribution in [-0.2, 0) is 6.42 Å². The van der Waals surface area contributed by atoms with Gasteiger partial charge in [-0.1, -0.05) is 19.1 Å². The standard InChI is InChI=1S/C13H13N3O/c1-2-10-6-7-11(15-9-10)13(17)16-12-5-3-4-8-14-12/h3-9H,2H2,1H3,(H,14,16,17). The molecule has 0 radical (unpaired) electrons. The van der Waals surface area contributed by atoms with Crippen LogP contribution in [0.5, 0.6) is 0 Å². The lowest BCUT2D eigenvalue weighted by molar-refractivity contribution is 0.102. The highest BCUT2D eigenvalue weighted by atomic mass is 16.1. The quantitative estimate of drug-likeness (QED) is 0.875. The topological polar surface area (TPSA) is 54.9 Å². The molecule has 86 valence electrons. The molecule has 0 bridgehead atoms. The minimum Gasteiger partial charge on any atom is -0.305 e. The number of nitrogens with zero attached hydrogens (tertiary/aromatic N) is 2. The molecule has 4 heteroatoms. The number of aromatic nitrogens is 2. The maximum Gasteiger partial charge on any atom is 0.275 e.